The number of imidazole rings is 1. The molecule has 1 N–H and O–H groups in total. The van der Waals surface area contributed by atoms with Crippen molar-refractivity contribution in [2.24, 2.45) is 0 Å². The molecular weight excluding hydrogens is 124 g/mol. The number of fused-ring (bicyclic) bond motifs is 1. The lowest BCUT2D eigenvalue weighted by Gasteiger charge is -1.81. The van der Waals surface area contributed by atoms with Crippen molar-refractivity contribution >= 4 is 11.0 Å². The van der Waals surface area contributed by atoms with Gasteiger partial charge in [0.2, 0.25) is 0 Å². The Balaban J connectivity index is 0.000000500. The summed E-state index contributed by atoms with van der Waals surface area (Å²) in [5, 5.41) is 0. The fourth-order valence-electron chi connectivity index (χ4n) is 0.880. The summed E-state index contributed by atoms with van der Waals surface area (Å²) >= 11 is 0. The van der Waals surface area contributed by atoms with Gasteiger partial charge >= 0.3 is 0 Å². The quantitative estimate of drug-likeness (QED) is 0.577. The number of aromatic nitrogens is 2. The molecule has 2 nitrogen and oxygen atoms in total. The zero-order valence-corrected chi connectivity index (χ0v) is 5.33. The first kappa shape index (κ1) is 6.81. The first-order chi connectivity index (χ1) is 4.47. The van der Waals surface area contributed by atoms with Crippen LogP contribution in [0.25, 0.3) is 11.0 Å². The van der Waals surface area contributed by atoms with E-state index in [0.717, 1.165) is 11.0 Å². The minimum absolute atomic E-state index is 0. The lowest BCUT2D eigenvalue weighted by molar-refractivity contribution is 1.34. The van der Waals surface area contributed by atoms with Crippen molar-refractivity contribution in [2.75, 3.05) is 0 Å². The maximum absolute atomic E-state index is 4.06. The highest BCUT2D eigenvalue weighted by molar-refractivity contribution is 5.73. The van der Waals surface area contributed by atoms with E-state index in [9.17, 15) is 0 Å². The fourth-order valence-corrected chi connectivity index (χ4v) is 0.880. The average Bonchev–Trinajstić information content (AvgIpc) is 2.33. The van der Waals surface area contributed by atoms with Crippen molar-refractivity contribution in [1.82, 2.24) is 9.97 Å². The average molecular weight is 130 g/mol. The van der Waals surface area contributed by atoms with Crippen molar-refractivity contribution in [3.63, 3.8) is 0 Å². The molecule has 4 radical (unpaired) electrons. The molecule has 0 amide bonds. The molecule has 0 atom stereocenters. The maximum Gasteiger partial charge on any atom is 0.0931 e. The summed E-state index contributed by atoms with van der Waals surface area (Å²) in [6, 6.07) is 7.94. The summed E-state index contributed by atoms with van der Waals surface area (Å²) in [5.41, 5.74) is 2.12. The van der Waals surface area contributed by atoms with Gasteiger partial charge in [0, 0.05) is 7.43 Å². The van der Waals surface area contributed by atoms with E-state index in [-0.39, 0.29) is 7.43 Å². The predicted octanol–water partition coefficient (Wildman–Crippen LogP) is 1.64. The third kappa shape index (κ3) is 0.880. The Labute approximate surface area is 59.9 Å². The molecule has 0 saturated heterocycles. The number of nitrogens with zero attached hydrogens (tertiary/aromatic N) is 1. The minimum Gasteiger partial charge on any atom is -0.345 e. The Bertz CT molecular complexity index is 281. The van der Waals surface area contributed by atoms with Crippen molar-refractivity contribution in [3.8, 4) is 0 Å². The van der Waals surface area contributed by atoms with E-state index in [1.807, 2.05) is 24.3 Å². The molecule has 2 aromatic rings. The molecule has 2 rings (SSSR count). The Hall–Kier alpha value is -1.31. The summed E-state index contributed by atoms with van der Waals surface area (Å²) in [4.78, 5) is 7.07. The van der Waals surface area contributed by atoms with Crippen LogP contribution in [0.4, 0.5) is 0 Å². The molecule has 0 saturated carbocycles. The van der Waals surface area contributed by atoms with Gasteiger partial charge in [-0.3, -0.25) is 0 Å². The van der Waals surface area contributed by atoms with E-state index in [0.29, 0.717) is 0 Å². The van der Waals surface area contributed by atoms with Crippen LogP contribution >= 0.6 is 0 Å². The van der Waals surface area contributed by atoms with Gasteiger partial charge in [-0.1, -0.05) is 12.1 Å². The van der Waals surface area contributed by atoms with E-state index in [4.69, 9.17) is 0 Å². The standard InChI is InChI=1S/C7H6N2.C/c1-2-4-7-6(3-1)8-5-9-7;/h1-5H,(H,8,9);. The molecule has 1 aromatic carbocycles. The zero-order valence-electron chi connectivity index (χ0n) is 5.33. The highest BCUT2D eigenvalue weighted by Gasteiger charge is 1.88. The van der Waals surface area contributed by atoms with Gasteiger partial charge < -0.3 is 4.98 Å². The predicted molar refractivity (Wildman–Crippen MR) is 39.3 cm³/mol. The zero-order chi connectivity index (χ0) is 6.10. The number of hydrogen-bond donors (Lipinski definition) is 1. The van der Waals surface area contributed by atoms with Crippen LogP contribution in [-0.4, -0.2) is 9.97 Å². The molecule has 1 heterocycles. The number of benzene rings is 1. The summed E-state index contributed by atoms with van der Waals surface area (Å²) in [5.74, 6) is 0. The minimum atomic E-state index is 0. The molecule has 2 heteroatoms. The van der Waals surface area contributed by atoms with E-state index < -0.39 is 0 Å². The Kier molecular flexibility index (Phi) is 1.71. The maximum atomic E-state index is 4.06. The third-order valence-corrected chi connectivity index (χ3v) is 1.33. The Morgan fingerprint density at radius 1 is 1.20 bits per heavy atom. The topological polar surface area (TPSA) is 28.7 Å². The van der Waals surface area contributed by atoms with Gasteiger partial charge in [-0.2, -0.15) is 0 Å². The number of nitrogens with one attached hydrogen (secondary N) is 1. The van der Waals surface area contributed by atoms with E-state index in [1.165, 1.54) is 0 Å². The number of para-hydroxylation sites is 2. The number of rotatable bonds is 0. The molecule has 0 unspecified atom stereocenters. The SMILES string of the molecule is [C].c1ccc2[nH]cnc2c1. The van der Waals surface area contributed by atoms with Gasteiger partial charge in [-0.25, -0.2) is 4.98 Å². The molecular formula is C8H6N2. The second-order valence-electron chi connectivity index (χ2n) is 1.92. The molecule has 0 aliphatic rings. The number of hydrogen-bond acceptors (Lipinski definition) is 1. The van der Waals surface area contributed by atoms with Gasteiger partial charge in [0.05, 0.1) is 17.4 Å². The third-order valence-electron chi connectivity index (χ3n) is 1.33. The van der Waals surface area contributed by atoms with Crippen molar-refractivity contribution in [1.29, 1.82) is 0 Å². The molecule has 0 aliphatic carbocycles. The van der Waals surface area contributed by atoms with Crippen molar-refractivity contribution in [3.05, 3.63) is 38.0 Å². The second kappa shape index (κ2) is 2.52. The van der Waals surface area contributed by atoms with Crippen LogP contribution in [0.5, 0.6) is 0 Å². The van der Waals surface area contributed by atoms with Crippen LogP contribution in [0.15, 0.2) is 30.6 Å². The Morgan fingerprint density at radius 2 is 2.00 bits per heavy atom. The van der Waals surface area contributed by atoms with Gasteiger partial charge in [-0.15, -0.1) is 0 Å². The second-order valence-corrected chi connectivity index (χ2v) is 1.92. The van der Waals surface area contributed by atoms with Gasteiger partial charge in [0.25, 0.3) is 0 Å². The largest absolute Gasteiger partial charge is 0.345 e. The molecule has 1 aromatic heterocycles. The smallest absolute Gasteiger partial charge is 0.0931 e. The van der Waals surface area contributed by atoms with E-state index in [1.54, 1.807) is 6.33 Å². The van der Waals surface area contributed by atoms with E-state index in [2.05, 4.69) is 9.97 Å². The molecule has 48 valence electrons. The lowest BCUT2D eigenvalue weighted by atomic mass is 10.3. The monoisotopic (exact) mass is 130 g/mol. The van der Waals surface area contributed by atoms with Gasteiger partial charge in [0.1, 0.15) is 0 Å². The first-order valence-corrected chi connectivity index (χ1v) is 2.85. The summed E-state index contributed by atoms with van der Waals surface area (Å²) in [7, 11) is 0. The fraction of sp³-hybridized carbons (Fsp3) is 0. The normalized spacial score (nSPS) is 9.20. The first-order valence-electron chi connectivity index (χ1n) is 2.85. The highest BCUT2D eigenvalue weighted by atomic mass is 14.9. The van der Waals surface area contributed by atoms with Crippen LogP contribution in [0.1, 0.15) is 0 Å². The Morgan fingerprint density at radius 3 is 2.80 bits per heavy atom. The van der Waals surface area contributed by atoms with Crippen LogP contribution in [0.2, 0.25) is 0 Å². The van der Waals surface area contributed by atoms with Gasteiger partial charge in [0.15, 0.2) is 0 Å². The van der Waals surface area contributed by atoms with Crippen molar-refractivity contribution in [2.45, 2.75) is 0 Å². The van der Waals surface area contributed by atoms with E-state index >= 15 is 0 Å². The molecule has 0 bridgehead atoms. The molecule has 0 spiro atoms. The van der Waals surface area contributed by atoms with Crippen LogP contribution < -0.4 is 0 Å². The van der Waals surface area contributed by atoms with Gasteiger partial charge in [-0.05, 0) is 12.1 Å². The molecule has 0 fully saturated rings. The molecule has 0 aliphatic heterocycles. The molecule has 10 heavy (non-hydrogen) atoms. The van der Waals surface area contributed by atoms with Crippen molar-refractivity contribution < 1.29 is 0 Å². The summed E-state index contributed by atoms with van der Waals surface area (Å²) in [6.07, 6.45) is 1.70. The van der Waals surface area contributed by atoms with Crippen LogP contribution in [0.3, 0.4) is 0 Å². The van der Waals surface area contributed by atoms with Crippen LogP contribution in [0, 0.1) is 7.43 Å². The summed E-state index contributed by atoms with van der Waals surface area (Å²) in [6.45, 7) is 0. The number of aromatic amines is 1. The number of H-pyrrole nitrogens is 1. The summed E-state index contributed by atoms with van der Waals surface area (Å²) < 4.78 is 0. The van der Waals surface area contributed by atoms with Crippen LogP contribution in [-0.2, 0) is 0 Å². The lowest BCUT2D eigenvalue weighted by Crippen LogP contribution is -1.63. The highest BCUT2D eigenvalue weighted by Crippen LogP contribution is 2.05.